The van der Waals surface area contributed by atoms with Crippen molar-refractivity contribution < 1.29 is 0 Å². The van der Waals surface area contributed by atoms with Gasteiger partial charge in [0.25, 0.3) is 0 Å². The Bertz CT molecular complexity index is 323. The summed E-state index contributed by atoms with van der Waals surface area (Å²) in [5.41, 5.74) is 7.39. The Morgan fingerprint density at radius 2 is 2.23 bits per heavy atom. The summed E-state index contributed by atoms with van der Waals surface area (Å²) in [7, 11) is 0. The van der Waals surface area contributed by atoms with E-state index in [9.17, 15) is 0 Å². The first-order valence-corrected chi connectivity index (χ1v) is 5.30. The average molecular weight is 306 g/mol. The van der Waals surface area contributed by atoms with Gasteiger partial charge in [-0.1, -0.05) is 38.4 Å². The number of anilines is 2. The van der Waals surface area contributed by atoms with Gasteiger partial charge in [0.1, 0.15) is 0 Å². The number of rotatable bonds is 3. The highest BCUT2D eigenvalue weighted by molar-refractivity contribution is 9.11. The van der Waals surface area contributed by atoms with E-state index in [4.69, 9.17) is 5.73 Å². The van der Waals surface area contributed by atoms with Gasteiger partial charge >= 0.3 is 0 Å². The van der Waals surface area contributed by atoms with Gasteiger partial charge in [-0.3, -0.25) is 0 Å². The van der Waals surface area contributed by atoms with Crippen LogP contribution in [0.15, 0.2) is 33.7 Å². The first kappa shape index (κ1) is 10.6. The molecule has 0 fully saturated rings. The van der Waals surface area contributed by atoms with Crippen molar-refractivity contribution in [3.8, 4) is 0 Å². The lowest BCUT2D eigenvalue weighted by Gasteiger charge is -2.08. The third-order valence-corrected chi connectivity index (χ3v) is 2.26. The Morgan fingerprint density at radius 1 is 1.54 bits per heavy atom. The molecule has 13 heavy (non-hydrogen) atoms. The summed E-state index contributed by atoms with van der Waals surface area (Å²) >= 11 is 6.64. The average Bonchev–Trinajstić information content (AvgIpc) is 2.06. The number of nitrogens with two attached hydrogens (primary N) is 1. The second-order valence-corrected chi connectivity index (χ2v) is 4.64. The number of hydrogen-bond acceptors (Lipinski definition) is 2. The zero-order valence-corrected chi connectivity index (χ0v) is 10.2. The molecule has 1 aromatic rings. The van der Waals surface area contributed by atoms with Crippen LogP contribution >= 0.6 is 31.9 Å². The molecule has 0 radical (unpaired) electrons. The lowest BCUT2D eigenvalue weighted by Crippen LogP contribution is -2.03. The van der Waals surface area contributed by atoms with Crippen LogP contribution in [0.4, 0.5) is 11.4 Å². The molecule has 0 saturated carbocycles. The molecule has 2 nitrogen and oxygen atoms in total. The maximum absolute atomic E-state index is 5.75. The van der Waals surface area contributed by atoms with Crippen molar-refractivity contribution in [1.29, 1.82) is 0 Å². The molecule has 0 spiro atoms. The number of benzene rings is 1. The number of halogens is 2. The maximum atomic E-state index is 5.75. The molecule has 0 atom stereocenters. The normalized spacial score (nSPS) is 9.69. The van der Waals surface area contributed by atoms with Gasteiger partial charge in [-0.15, -0.1) is 0 Å². The van der Waals surface area contributed by atoms with Gasteiger partial charge in [-0.25, -0.2) is 0 Å². The van der Waals surface area contributed by atoms with E-state index in [1.807, 2.05) is 18.2 Å². The van der Waals surface area contributed by atoms with Crippen molar-refractivity contribution in [2.24, 2.45) is 0 Å². The quantitative estimate of drug-likeness (QED) is 0.841. The number of nitrogen functional groups attached to an aromatic ring is 1. The molecule has 0 aliphatic carbocycles. The van der Waals surface area contributed by atoms with Crippen LogP contribution in [0.1, 0.15) is 0 Å². The SMILES string of the molecule is C=C(Br)CNc1cc(Br)ccc1N. The van der Waals surface area contributed by atoms with Crippen molar-refractivity contribution in [3.63, 3.8) is 0 Å². The zero-order chi connectivity index (χ0) is 9.84. The highest BCUT2D eigenvalue weighted by Gasteiger charge is 1.98. The fourth-order valence-corrected chi connectivity index (χ4v) is 1.37. The van der Waals surface area contributed by atoms with Crippen molar-refractivity contribution in [2.45, 2.75) is 0 Å². The molecule has 0 heterocycles. The first-order chi connectivity index (χ1) is 6.09. The summed E-state index contributed by atoms with van der Waals surface area (Å²) in [5, 5.41) is 3.15. The molecular weight excluding hydrogens is 296 g/mol. The molecule has 0 aromatic heterocycles. The lowest BCUT2D eigenvalue weighted by atomic mass is 10.3. The summed E-state index contributed by atoms with van der Waals surface area (Å²) in [6, 6.07) is 5.69. The molecule has 0 aliphatic rings. The minimum Gasteiger partial charge on any atom is -0.397 e. The van der Waals surface area contributed by atoms with Crippen molar-refractivity contribution in [3.05, 3.63) is 33.7 Å². The lowest BCUT2D eigenvalue weighted by molar-refractivity contribution is 1.33. The second kappa shape index (κ2) is 4.67. The van der Waals surface area contributed by atoms with Crippen LogP contribution < -0.4 is 11.1 Å². The van der Waals surface area contributed by atoms with Crippen molar-refractivity contribution >= 4 is 43.2 Å². The number of hydrogen-bond donors (Lipinski definition) is 2. The van der Waals surface area contributed by atoms with E-state index in [2.05, 4.69) is 43.8 Å². The van der Waals surface area contributed by atoms with Gasteiger partial charge in [-0.05, 0) is 18.2 Å². The minimum absolute atomic E-state index is 0.667. The molecule has 0 saturated heterocycles. The molecule has 0 unspecified atom stereocenters. The minimum atomic E-state index is 0.667. The van der Waals surface area contributed by atoms with Crippen molar-refractivity contribution in [1.82, 2.24) is 0 Å². The Kier molecular flexibility index (Phi) is 3.81. The van der Waals surface area contributed by atoms with Crippen LogP contribution in [0.3, 0.4) is 0 Å². The molecule has 3 N–H and O–H groups in total. The van der Waals surface area contributed by atoms with Gasteiger partial charge in [0.15, 0.2) is 0 Å². The molecule has 1 aromatic carbocycles. The molecule has 0 bridgehead atoms. The van der Waals surface area contributed by atoms with E-state index >= 15 is 0 Å². The maximum Gasteiger partial charge on any atom is 0.0588 e. The third-order valence-electron chi connectivity index (χ3n) is 1.49. The standard InChI is InChI=1S/C9H10Br2N2/c1-6(10)5-13-9-4-7(11)2-3-8(9)12/h2-4,13H,1,5,12H2. The van der Waals surface area contributed by atoms with E-state index in [0.29, 0.717) is 6.54 Å². The summed E-state index contributed by atoms with van der Waals surface area (Å²) in [6.45, 7) is 4.39. The van der Waals surface area contributed by atoms with Gasteiger partial charge in [-0.2, -0.15) is 0 Å². The Labute approximate surface area is 94.5 Å². The van der Waals surface area contributed by atoms with Crippen LogP contribution in [-0.2, 0) is 0 Å². The van der Waals surface area contributed by atoms with Gasteiger partial charge in [0.05, 0.1) is 11.4 Å². The third kappa shape index (κ3) is 3.40. The van der Waals surface area contributed by atoms with Gasteiger partial charge < -0.3 is 11.1 Å². The molecule has 4 heteroatoms. The van der Waals surface area contributed by atoms with Gasteiger partial charge in [0, 0.05) is 15.5 Å². The Hall–Kier alpha value is -0.480. The molecule has 0 aliphatic heterocycles. The van der Waals surface area contributed by atoms with Gasteiger partial charge in [0.2, 0.25) is 0 Å². The predicted molar refractivity (Wildman–Crippen MR) is 65.1 cm³/mol. The summed E-state index contributed by atoms with van der Waals surface area (Å²) in [6.07, 6.45) is 0. The second-order valence-electron chi connectivity index (χ2n) is 2.60. The fraction of sp³-hybridized carbons (Fsp3) is 0.111. The van der Waals surface area contributed by atoms with E-state index in [-0.39, 0.29) is 0 Å². The van der Waals surface area contributed by atoms with E-state index in [1.54, 1.807) is 0 Å². The van der Waals surface area contributed by atoms with Crippen LogP contribution in [0, 0.1) is 0 Å². The molecule has 1 rings (SSSR count). The van der Waals surface area contributed by atoms with E-state index in [0.717, 1.165) is 20.3 Å². The largest absolute Gasteiger partial charge is 0.397 e. The van der Waals surface area contributed by atoms with Crippen LogP contribution in [-0.4, -0.2) is 6.54 Å². The highest BCUT2D eigenvalue weighted by atomic mass is 79.9. The fourth-order valence-electron chi connectivity index (χ4n) is 0.873. The van der Waals surface area contributed by atoms with Crippen molar-refractivity contribution in [2.75, 3.05) is 17.6 Å². The summed E-state index contributed by atoms with van der Waals surface area (Å²) in [4.78, 5) is 0. The summed E-state index contributed by atoms with van der Waals surface area (Å²) in [5.74, 6) is 0. The number of nitrogens with one attached hydrogen (secondary N) is 1. The predicted octanol–water partition coefficient (Wildman–Crippen LogP) is 3.35. The van der Waals surface area contributed by atoms with Crippen LogP contribution in [0.25, 0.3) is 0 Å². The highest BCUT2D eigenvalue weighted by Crippen LogP contribution is 2.23. The van der Waals surface area contributed by atoms with E-state index in [1.165, 1.54) is 0 Å². The smallest absolute Gasteiger partial charge is 0.0588 e. The Balaban J connectivity index is 2.75. The van der Waals surface area contributed by atoms with Crippen LogP contribution in [0.5, 0.6) is 0 Å². The molecule has 70 valence electrons. The topological polar surface area (TPSA) is 38.0 Å². The molecule has 0 amide bonds. The van der Waals surface area contributed by atoms with Crippen LogP contribution in [0.2, 0.25) is 0 Å². The summed E-state index contributed by atoms with van der Waals surface area (Å²) < 4.78 is 1.90. The monoisotopic (exact) mass is 304 g/mol. The molecular formula is C9H10Br2N2. The first-order valence-electron chi connectivity index (χ1n) is 3.72. The zero-order valence-electron chi connectivity index (χ0n) is 6.98. The van der Waals surface area contributed by atoms with E-state index < -0.39 is 0 Å². The Morgan fingerprint density at radius 3 is 2.85 bits per heavy atom.